The maximum atomic E-state index is 11.8. The van der Waals surface area contributed by atoms with Gasteiger partial charge in [0.2, 0.25) is 5.91 Å². The SMILES string of the molecule is CCC(CC)c1cc(CNC(=O)C(C)C(C)N)on1.Cl. The predicted octanol–water partition coefficient (Wildman–Crippen LogP) is 2.60. The summed E-state index contributed by atoms with van der Waals surface area (Å²) in [5.74, 6) is 0.847. The lowest BCUT2D eigenvalue weighted by atomic mass is 9.99. The summed E-state index contributed by atoms with van der Waals surface area (Å²) in [6, 6.07) is 1.77. The lowest BCUT2D eigenvalue weighted by Gasteiger charge is -2.14. The number of halogens is 1. The predicted molar refractivity (Wildman–Crippen MR) is 81.7 cm³/mol. The Morgan fingerprint density at radius 2 is 2.00 bits per heavy atom. The first-order valence-electron chi connectivity index (χ1n) is 6.98. The van der Waals surface area contributed by atoms with Gasteiger partial charge in [0.15, 0.2) is 5.76 Å². The highest BCUT2D eigenvalue weighted by atomic mass is 35.5. The van der Waals surface area contributed by atoms with Gasteiger partial charge < -0.3 is 15.6 Å². The van der Waals surface area contributed by atoms with Gasteiger partial charge in [-0.2, -0.15) is 0 Å². The van der Waals surface area contributed by atoms with Crippen LogP contribution >= 0.6 is 12.4 Å². The molecule has 116 valence electrons. The number of hydrogen-bond acceptors (Lipinski definition) is 4. The van der Waals surface area contributed by atoms with E-state index in [1.807, 2.05) is 19.9 Å². The van der Waals surface area contributed by atoms with Crippen molar-refractivity contribution in [2.45, 2.75) is 59.0 Å². The minimum absolute atomic E-state index is 0. The number of nitrogens with one attached hydrogen (secondary N) is 1. The fourth-order valence-electron chi connectivity index (χ4n) is 1.89. The van der Waals surface area contributed by atoms with Crippen LogP contribution in [0.1, 0.15) is 57.9 Å². The van der Waals surface area contributed by atoms with E-state index in [0.29, 0.717) is 18.2 Å². The number of rotatable bonds is 7. The molecule has 1 amide bonds. The Morgan fingerprint density at radius 1 is 1.40 bits per heavy atom. The molecule has 20 heavy (non-hydrogen) atoms. The Bertz CT molecular complexity index is 403. The highest BCUT2D eigenvalue weighted by Gasteiger charge is 2.18. The maximum absolute atomic E-state index is 11.8. The van der Waals surface area contributed by atoms with Crippen LogP contribution < -0.4 is 11.1 Å². The summed E-state index contributed by atoms with van der Waals surface area (Å²) in [5, 5.41) is 6.88. The fourth-order valence-corrected chi connectivity index (χ4v) is 1.89. The van der Waals surface area contributed by atoms with E-state index in [1.165, 1.54) is 0 Å². The number of aromatic nitrogens is 1. The second kappa shape index (κ2) is 8.97. The van der Waals surface area contributed by atoms with E-state index in [1.54, 1.807) is 0 Å². The molecule has 0 fully saturated rings. The van der Waals surface area contributed by atoms with Crippen molar-refractivity contribution in [1.82, 2.24) is 10.5 Å². The molecule has 2 unspecified atom stereocenters. The lowest BCUT2D eigenvalue weighted by Crippen LogP contribution is -2.38. The van der Waals surface area contributed by atoms with E-state index in [0.717, 1.165) is 18.5 Å². The van der Waals surface area contributed by atoms with Gasteiger partial charge in [0, 0.05) is 23.9 Å². The first-order chi connectivity index (χ1) is 8.99. The number of hydrogen-bond donors (Lipinski definition) is 2. The van der Waals surface area contributed by atoms with Crippen LogP contribution in [0.3, 0.4) is 0 Å². The third kappa shape index (κ3) is 5.13. The number of nitrogens with two attached hydrogens (primary N) is 1. The molecule has 0 saturated carbocycles. The molecule has 6 heteroatoms. The third-order valence-electron chi connectivity index (χ3n) is 3.62. The van der Waals surface area contributed by atoms with Gasteiger partial charge in [0.25, 0.3) is 0 Å². The quantitative estimate of drug-likeness (QED) is 0.811. The Labute approximate surface area is 127 Å². The molecule has 1 aromatic rings. The summed E-state index contributed by atoms with van der Waals surface area (Å²) in [4.78, 5) is 11.8. The molecular formula is C14H26ClN3O2. The van der Waals surface area contributed by atoms with Gasteiger partial charge >= 0.3 is 0 Å². The van der Waals surface area contributed by atoms with Crippen molar-refractivity contribution in [2.24, 2.45) is 11.7 Å². The smallest absolute Gasteiger partial charge is 0.224 e. The molecule has 5 nitrogen and oxygen atoms in total. The van der Waals surface area contributed by atoms with Crippen molar-refractivity contribution < 1.29 is 9.32 Å². The van der Waals surface area contributed by atoms with Crippen molar-refractivity contribution in [1.29, 1.82) is 0 Å². The molecule has 3 N–H and O–H groups in total. The molecule has 0 bridgehead atoms. The van der Waals surface area contributed by atoms with Crippen LogP contribution in [0.15, 0.2) is 10.6 Å². The highest BCUT2D eigenvalue weighted by molar-refractivity contribution is 5.85. The van der Waals surface area contributed by atoms with Gasteiger partial charge in [-0.3, -0.25) is 4.79 Å². The van der Waals surface area contributed by atoms with Crippen LogP contribution in [-0.4, -0.2) is 17.1 Å². The molecule has 0 aliphatic carbocycles. The zero-order valence-corrected chi connectivity index (χ0v) is 13.5. The molecule has 1 heterocycles. The monoisotopic (exact) mass is 303 g/mol. The molecule has 0 aliphatic heterocycles. The summed E-state index contributed by atoms with van der Waals surface area (Å²) in [6.07, 6.45) is 2.08. The van der Waals surface area contributed by atoms with E-state index in [9.17, 15) is 4.79 Å². The Hall–Kier alpha value is -1.07. The molecule has 0 spiro atoms. The van der Waals surface area contributed by atoms with Gasteiger partial charge in [0.05, 0.1) is 12.2 Å². The Kier molecular flexibility index (Phi) is 8.49. The molecule has 1 aromatic heterocycles. The number of carbonyl (C=O) groups is 1. The zero-order chi connectivity index (χ0) is 14.4. The molecule has 2 atom stereocenters. The second-order valence-electron chi connectivity index (χ2n) is 5.10. The third-order valence-corrected chi connectivity index (χ3v) is 3.62. The van der Waals surface area contributed by atoms with E-state index in [-0.39, 0.29) is 30.3 Å². The lowest BCUT2D eigenvalue weighted by molar-refractivity contribution is -0.125. The Balaban J connectivity index is 0.00000361. The van der Waals surface area contributed by atoms with Crippen molar-refractivity contribution in [2.75, 3.05) is 0 Å². The minimum Gasteiger partial charge on any atom is -0.359 e. The average molecular weight is 304 g/mol. The van der Waals surface area contributed by atoms with Gasteiger partial charge in [-0.1, -0.05) is 25.9 Å². The average Bonchev–Trinajstić information content (AvgIpc) is 2.85. The number of amides is 1. The first kappa shape index (κ1) is 18.9. The van der Waals surface area contributed by atoms with Crippen LogP contribution in [0.4, 0.5) is 0 Å². The van der Waals surface area contributed by atoms with E-state index in [2.05, 4.69) is 24.3 Å². The molecule has 0 saturated heterocycles. The number of carbonyl (C=O) groups excluding carboxylic acids is 1. The van der Waals surface area contributed by atoms with Gasteiger partial charge in [-0.05, 0) is 19.8 Å². The van der Waals surface area contributed by atoms with Crippen LogP contribution in [0.2, 0.25) is 0 Å². The molecule has 0 aromatic carbocycles. The van der Waals surface area contributed by atoms with Crippen molar-refractivity contribution in [3.05, 3.63) is 17.5 Å². The van der Waals surface area contributed by atoms with Crippen LogP contribution in [0, 0.1) is 5.92 Å². The summed E-state index contributed by atoms with van der Waals surface area (Å²) >= 11 is 0. The fraction of sp³-hybridized carbons (Fsp3) is 0.714. The zero-order valence-electron chi connectivity index (χ0n) is 12.7. The van der Waals surface area contributed by atoms with Gasteiger partial charge in [0.1, 0.15) is 0 Å². The Morgan fingerprint density at radius 3 is 2.50 bits per heavy atom. The van der Waals surface area contributed by atoms with Crippen LogP contribution in [0.25, 0.3) is 0 Å². The summed E-state index contributed by atoms with van der Waals surface area (Å²) in [6.45, 7) is 8.27. The van der Waals surface area contributed by atoms with E-state index < -0.39 is 0 Å². The molecule has 1 rings (SSSR count). The summed E-state index contributed by atoms with van der Waals surface area (Å²) in [7, 11) is 0. The summed E-state index contributed by atoms with van der Waals surface area (Å²) in [5.41, 5.74) is 6.66. The van der Waals surface area contributed by atoms with Gasteiger partial charge in [-0.15, -0.1) is 12.4 Å². The topological polar surface area (TPSA) is 81.2 Å². The van der Waals surface area contributed by atoms with Crippen molar-refractivity contribution in [3.8, 4) is 0 Å². The van der Waals surface area contributed by atoms with E-state index in [4.69, 9.17) is 10.3 Å². The van der Waals surface area contributed by atoms with Crippen molar-refractivity contribution >= 4 is 18.3 Å². The van der Waals surface area contributed by atoms with Crippen molar-refractivity contribution in [3.63, 3.8) is 0 Å². The molecular weight excluding hydrogens is 278 g/mol. The maximum Gasteiger partial charge on any atom is 0.224 e. The number of nitrogens with zero attached hydrogens (tertiary/aromatic N) is 1. The van der Waals surface area contributed by atoms with Crippen LogP contribution in [-0.2, 0) is 11.3 Å². The molecule has 0 radical (unpaired) electrons. The van der Waals surface area contributed by atoms with Crippen LogP contribution in [0.5, 0.6) is 0 Å². The van der Waals surface area contributed by atoms with E-state index >= 15 is 0 Å². The standard InChI is InChI=1S/C14H25N3O2.ClH/c1-5-11(6-2)13-7-12(19-17-13)8-16-14(18)9(3)10(4)15;/h7,9-11H,5-6,8,15H2,1-4H3,(H,16,18);1H. The summed E-state index contributed by atoms with van der Waals surface area (Å²) < 4.78 is 5.24. The largest absolute Gasteiger partial charge is 0.359 e. The second-order valence-corrected chi connectivity index (χ2v) is 5.10. The normalized spacial score (nSPS) is 13.7. The highest BCUT2D eigenvalue weighted by Crippen LogP contribution is 2.22. The minimum atomic E-state index is -0.207. The molecule has 0 aliphatic rings. The first-order valence-corrected chi connectivity index (χ1v) is 6.98. The van der Waals surface area contributed by atoms with Gasteiger partial charge in [-0.25, -0.2) is 0 Å².